The number of aromatic nitrogens is 2. The first-order chi connectivity index (χ1) is 8.22. The molecular weight excluding hydrogens is 220 g/mol. The monoisotopic (exact) mass is 234 g/mol. The van der Waals surface area contributed by atoms with Crippen LogP contribution in [0.1, 0.15) is 5.56 Å². The van der Waals surface area contributed by atoms with E-state index in [2.05, 4.69) is 9.97 Å². The van der Waals surface area contributed by atoms with Gasteiger partial charge < -0.3 is 14.5 Å². The number of aryl methyl sites for hydroxylation is 1. The predicted octanol–water partition coefficient (Wildman–Crippen LogP) is 1.26. The molecular formula is C12H14N2O3. The van der Waals surface area contributed by atoms with Gasteiger partial charge in [-0.1, -0.05) is 0 Å². The fourth-order valence-corrected chi connectivity index (χ4v) is 1.57. The Labute approximate surface area is 98.4 Å². The molecule has 0 amide bonds. The largest absolute Gasteiger partial charge is 0.490 e. The van der Waals surface area contributed by atoms with E-state index in [1.54, 1.807) is 25.6 Å². The summed E-state index contributed by atoms with van der Waals surface area (Å²) in [6, 6.07) is 1.70. The first-order valence-corrected chi connectivity index (χ1v) is 5.32. The molecule has 90 valence electrons. The second-order valence-electron chi connectivity index (χ2n) is 3.71. The van der Waals surface area contributed by atoms with Crippen molar-refractivity contribution in [3.8, 4) is 5.75 Å². The average molecular weight is 234 g/mol. The van der Waals surface area contributed by atoms with Crippen LogP contribution in [0.4, 0.5) is 0 Å². The molecule has 2 heterocycles. The number of hydrogen-bond acceptors (Lipinski definition) is 4. The second-order valence-corrected chi connectivity index (χ2v) is 3.71. The predicted molar refractivity (Wildman–Crippen MR) is 64.5 cm³/mol. The van der Waals surface area contributed by atoms with Gasteiger partial charge in [-0.25, -0.2) is 0 Å². The molecule has 0 saturated heterocycles. The minimum Gasteiger partial charge on any atom is -0.490 e. The Morgan fingerprint density at radius 2 is 2.24 bits per heavy atom. The Kier molecular flexibility index (Phi) is 3.39. The number of fused-ring (bicyclic) bond motifs is 1. The van der Waals surface area contributed by atoms with E-state index in [1.165, 1.54) is 0 Å². The molecule has 0 aliphatic carbocycles. The Morgan fingerprint density at radius 1 is 1.41 bits per heavy atom. The van der Waals surface area contributed by atoms with Crippen LogP contribution < -0.4 is 10.3 Å². The Balaban J connectivity index is 2.36. The van der Waals surface area contributed by atoms with Gasteiger partial charge in [-0.15, -0.1) is 0 Å². The molecule has 2 aromatic rings. The van der Waals surface area contributed by atoms with Crippen LogP contribution in [0.3, 0.4) is 0 Å². The number of rotatable bonds is 4. The van der Waals surface area contributed by atoms with Crippen molar-refractivity contribution in [3.05, 3.63) is 34.4 Å². The fourth-order valence-electron chi connectivity index (χ4n) is 1.57. The van der Waals surface area contributed by atoms with Gasteiger partial charge in [0.2, 0.25) is 0 Å². The van der Waals surface area contributed by atoms with Gasteiger partial charge in [0, 0.05) is 13.3 Å². The maximum atomic E-state index is 11.6. The number of ether oxygens (including phenoxy) is 2. The van der Waals surface area contributed by atoms with Gasteiger partial charge >= 0.3 is 0 Å². The van der Waals surface area contributed by atoms with E-state index in [9.17, 15) is 4.79 Å². The van der Waals surface area contributed by atoms with Gasteiger partial charge in [-0.2, -0.15) is 0 Å². The summed E-state index contributed by atoms with van der Waals surface area (Å²) >= 11 is 0. The molecule has 5 nitrogen and oxygen atoms in total. The summed E-state index contributed by atoms with van der Waals surface area (Å²) in [6.45, 7) is 2.84. The van der Waals surface area contributed by atoms with Crippen molar-refractivity contribution >= 4 is 10.9 Å². The lowest BCUT2D eigenvalue weighted by Crippen LogP contribution is -2.09. The van der Waals surface area contributed by atoms with Crippen molar-refractivity contribution in [2.24, 2.45) is 0 Å². The third kappa shape index (κ3) is 2.45. The molecule has 0 radical (unpaired) electrons. The SMILES string of the molecule is COCCOc1cnc2c(C)c[nH]c(=O)c2c1. The van der Waals surface area contributed by atoms with Gasteiger partial charge in [0.25, 0.3) is 5.56 Å². The zero-order valence-corrected chi connectivity index (χ0v) is 9.82. The average Bonchev–Trinajstić information content (AvgIpc) is 2.34. The van der Waals surface area contributed by atoms with Crippen molar-refractivity contribution < 1.29 is 9.47 Å². The highest BCUT2D eigenvalue weighted by atomic mass is 16.5. The molecule has 0 saturated carbocycles. The minimum absolute atomic E-state index is 0.157. The number of H-pyrrole nitrogens is 1. The lowest BCUT2D eigenvalue weighted by molar-refractivity contribution is 0.146. The summed E-state index contributed by atoms with van der Waals surface area (Å²) in [5, 5.41) is 0.542. The van der Waals surface area contributed by atoms with Crippen LogP contribution in [-0.2, 0) is 4.74 Å². The minimum atomic E-state index is -0.157. The fraction of sp³-hybridized carbons (Fsp3) is 0.333. The quantitative estimate of drug-likeness (QED) is 0.809. The van der Waals surface area contributed by atoms with Crippen LogP contribution in [0.5, 0.6) is 5.75 Å². The number of pyridine rings is 2. The third-order valence-electron chi connectivity index (χ3n) is 2.46. The van der Waals surface area contributed by atoms with Crippen LogP contribution in [0.15, 0.2) is 23.3 Å². The number of hydrogen-bond donors (Lipinski definition) is 1. The van der Waals surface area contributed by atoms with E-state index >= 15 is 0 Å². The van der Waals surface area contributed by atoms with Gasteiger partial charge in [0.15, 0.2) is 0 Å². The maximum Gasteiger partial charge on any atom is 0.257 e. The van der Waals surface area contributed by atoms with E-state index < -0.39 is 0 Å². The van der Waals surface area contributed by atoms with Crippen molar-refractivity contribution in [3.63, 3.8) is 0 Å². The zero-order chi connectivity index (χ0) is 12.3. The summed E-state index contributed by atoms with van der Waals surface area (Å²) in [5.41, 5.74) is 1.48. The number of nitrogens with one attached hydrogen (secondary N) is 1. The molecule has 1 N–H and O–H groups in total. The van der Waals surface area contributed by atoms with Crippen molar-refractivity contribution in [2.75, 3.05) is 20.3 Å². The summed E-state index contributed by atoms with van der Waals surface area (Å²) in [6.07, 6.45) is 3.27. The highest BCUT2D eigenvalue weighted by Gasteiger charge is 2.05. The first-order valence-electron chi connectivity index (χ1n) is 5.32. The van der Waals surface area contributed by atoms with Crippen LogP contribution in [0.25, 0.3) is 10.9 Å². The first kappa shape index (κ1) is 11.6. The molecule has 0 bridgehead atoms. The third-order valence-corrected chi connectivity index (χ3v) is 2.46. The van der Waals surface area contributed by atoms with Crippen LogP contribution in [0, 0.1) is 6.92 Å². The van der Waals surface area contributed by atoms with E-state index in [1.807, 2.05) is 6.92 Å². The number of methoxy groups -OCH3 is 1. The van der Waals surface area contributed by atoms with E-state index in [4.69, 9.17) is 9.47 Å². The van der Waals surface area contributed by atoms with E-state index in [-0.39, 0.29) is 5.56 Å². The highest BCUT2D eigenvalue weighted by molar-refractivity contribution is 5.81. The lowest BCUT2D eigenvalue weighted by atomic mass is 10.2. The molecule has 0 unspecified atom stereocenters. The molecule has 0 atom stereocenters. The summed E-state index contributed by atoms with van der Waals surface area (Å²) in [5.74, 6) is 0.575. The summed E-state index contributed by atoms with van der Waals surface area (Å²) in [4.78, 5) is 18.5. The number of nitrogens with zero attached hydrogens (tertiary/aromatic N) is 1. The molecule has 0 aromatic carbocycles. The maximum absolute atomic E-state index is 11.6. The summed E-state index contributed by atoms with van der Waals surface area (Å²) in [7, 11) is 1.61. The van der Waals surface area contributed by atoms with Crippen LogP contribution in [0.2, 0.25) is 0 Å². The van der Waals surface area contributed by atoms with E-state index in [0.29, 0.717) is 29.9 Å². The number of aromatic amines is 1. The van der Waals surface area contributed by atoms with E-state index in [0.717, 1.165) is 5.56 Å². The van der Waals surface area contributed by atoms with Gasteiger partial charge in [-0.05, 0) is 18.6 Å². The second kappa shape index (κ2) is 4.97. The molecule has 2 aromatic heterocycles. The van der Waals surface area contributed by atoms with Gasteiger partial charge in [0.05, 0.1) is 23.7 Å². The molecule has 0 spiro atoms. The molecule has 17 heavy (non-hydrogen) atoms. The lowest BCUT2D eigenvalue weighted by Gasteiger charge is -2.06. The van der Waals surface area contributed by atoms with Crippen molar-refractivity contribution in [1.82, 2.24) is 9.97 Å². The standard InChI is InChI=1S/C12H14N2O3/c1-8-6-14-12(15)10-5-9(7-13-11(8)10)17-4-3-16-2/h5-7H,3-4H2,1-2H3,(H,14,15). The smallest absolute Gasteiger partial charge is 0.257 e. The van der Waals surface area contributed by atoms with Crippen LogP contribution >= 0.6 is 0 Å². The van der Waals surface area contributed by atoms with Crippen molar-refractivity contribution in [2.45, 2.75) is 6.92 Å². The highest BCUT2D eigenvalue weighted by Crippen LogP contribution is 2.17. The molecule has 2 rings (SSSR count). The Hall–Kier alpha value is -1.88. The Morgan fingerprint density at radius 3 is 3.00 bits per heavy atom. The normalized spacial score (nSPS) is 10.7. The van der Waals surface area contributed by atoms with Gasteiger partial charge in [-0.3, -0.25) is 9.78 Å². The Bertz CT molecular complexity index is 577. The van der Waals surface area contributed by atoms with Gasteiger partial charge in [0.1, 0.15) is 12.4 Å². The molecule has 0 aliphatic heterocycles. The zero-order valence-electron chi connectivity index (χ0n) is 9.82. The molecule has 0 fully saturated rings. The molecule has 0 aliphatic rings. The van der Waals surface area contributed by atoms with Crippen molar-refractivity contribution in [1.29, 1.82) is 0 Å². The topological polar surface area (TPSA) is 64.2 Å². The summed E-state index contributed by atoms with van der Waals surface area (Å²) < 4.78 is 10.3. The van der Waals surface area contributed by atoms with Crippen LogP contribution in [-0.4, -0.2) is 30.3 Å². The molecule has 5 heteroatoms.